The minimum atomic E-state index is -1.13. The average molecular weight is 871 g/mol. The van der Waals surface area contributed by atoms with Crippen LogP contribution in [0, 0.1) is 11.8 Å². The number of carbonyl (C=O) groups is 2. The van der Waals surface area contributed by atoms with E-state index < -0.39 is 34.2 Å². The summed E-state index contributed by atoms with van der Waals surface area (Å²) < 4.78 is 14.7. The van der Waals surface area contributed by atoms with Crippen LogP contribution in [0.2, 0.25) is 0 Å². The lowest BCUT2D eigenvalue weighted by Crippen LogP contribution is -3.00. The summed E-state index contributed by atoms with van der Waals surface area (Å²) in [5, 5.41) is 50.3. The molecule has 6 aliphatic carbocycles. The van der Waals surface area contributed by atoms with Gasteiger partial charge in [-0.2, -0.15) is 0 Å². The Labute approximate surface area is 336 Å². The van der Waals surface area contributed by atoms with Crippen molar-refractivity contribution in [2.75, 3.05) is 40.3 Å². The van der Waals surface area contributed by atoms with Gasteiger partial charge >= 0.3 is 0 Å². The molecule has 0 unspecified atom stereocenters. The Morgan fingerprint density at radius 2 is 1.06 bits per heavy atom. The Morgan fingerprint density at radius 1 is 0.667 bits per heavy atom. The van der Waals surface area contributed by atoms with E-state index in [0.29, 0.717) is 61.5 Å². The second-order valence-electron chi connectivity index (χ2n) is 19.6. The number of benzene rings is 2. The number of carbonyl (C=O) groups excluding carboxylic acids is 2. The van der Waals surface area contributed by atoms with Crippen LogP contribution in [0.4, 0.5) is 0 Å². The molecule has 4 saturated carbocycles. The van der Waals surface area contributed by atoms with Crippen LogP contribution < -0.4 is 43.4 Å². The van der Waals surface area contributed by atoms with Gasteiger partial charge in [0.25, 0.3) is 0 Å². The predicted molar refractivity (Wildman–Crippen MR) is 187 cm³/mol. The number of likely N-dealkylation sites (N-methyl/N-ethyl adjacent to an activating group) is 2. The number of aliphatic hydroxyl groups is 2. The number of hydrogen-bond acceptors (Lipinski definition) is 8. The Hall–Kier alpha value is -2.22. The minimum Gasteiger partial charge on any atom is -1.00 e. The summed E-state index contributed by atoms with van der Waals surface area (Å²) in [6.45, 7) is 3.71. The molecule has 4 aliphatic heterocycles. The number of hydrogen-bond donors (Lipinski definition) is 4. The number of aromatic hydroxyl groups is 2. The van der Waals surface area contributed by atoms with Crippen LogP contribution in [0.5, 0.6) is 23.0 Å². The number of halogens is 2. The number of phenolic OH excluding ortho intramolecular Hbond substituents is 2. The maximum absolute atomic E-state index is 13.7. The molecule has 10 aliphatic rings. The summed E-state index contributed by atoms with van der Waals surface area (Å²) in [5.41, 5.74) is 0.233. The largest absolute Gasteiger partial charge is 1.00 e. The van der Waals surface area contributed by atoms with Gasteiger partial charge < -0.3 is 72.8 Å². The molecule has 4 bridgehead atoms. The zero-order valence-corrected chi connectivity index (χ0v) is 34.2. The van der Waals surface area contributed by atoms with Crippen LogP contribution in [0.15, 0.2) is 12.1 Å². The summed E-state index contributed by atoms with van der Waals surface area (Å²) in [6.07, 6.45) is 6.86. The second kappa shape index (κ2) is 10.8. The lowest BCUT2D eigenvalue weighted by molar-refractivity contribution is -0.950. The lowest BCUT2D eigenvalue weighted by atomic mass is 9.48. The van der Waals surface area contributed by atoms with Gasteiger partial charge in [-0.05, 0) is 61.8 Å². The van der Waals surface area contributed by atoms with Crippen LogP contribution in [-0.2, 0) is 33.3 Å². The van der Waals surface area contributed by atoms with Gasteiger partial charge in [0.15, 0.2) is 46.8 Å². The van der Waals surface area contributed by atoms with E-state index in [2.05, 4.69) is 14.1 Å². The molecular weight excluding hydrogens is 820 g/mol. The molecular formula is C42H50Br2N2O8. The molecule has 54 heavy (non-hydrogen) atoms. The molecule has 12 heteroatoms. The lowest BCUT2D eigenvalue weighted by Gasteiger charge is -2.64. The Morgan fingerprint density at radius 3 is 1.43 bits per heavy atom. The standard InChI is InChI=1S/C42H48N2O8.2BrH/c1-43(19-21-3-4-21)13-11-39-31-23-15-25(33(47)35(31)51-37(39)27(45)7-9-41(39,49)29(43)17-23)26-16-24-18-30-42(50)10-8-28(46)38-40(42,32(24)36(52-38)34(26)48)12-14-44(30,2)20-22-5-6-22;;/h15-16,21-22,29-30,37-38,49-50H,3-14,17-20H2,1-2H3;2*1H/t29-,30-,37+,38+,39+,40+,41-,42-,43-,44-;;/m1../s1. The summed E-state index contributed by atoms with van der Waals surface area (Å²) in [5.74, 6) is 1.53. The van der Waals surface area contributed by atoms with Gasteiger partial charge in [-0.15, -0.1) is 0 Å². The number of quaternary nitrogens is 2. The molecule has 2 aromatic rings. The van der Waals surface area contributed by atoms with Crippen LogP contribution in [0.3, 0.4) is 0 Å². The average Bonchev–Trinajstić information content (AvgIpc) is 4.03. The minimum absolute atomic E-state index is 0. The van der Waals surface area contributed by atoms with Gasteiger partial charge in [-0.1, -0.05) is 0 Å². The number of phenols is 2. The summed E-state index contributed by atoms with van der Waals surface area (Å²) in [6, 6.07) is 3.71. The zero-order chi connectivity index (χ0) is 35.5. The third kappa shape index (κ3) is 3.92. The third-order valence-electron chi connectivity index (χ3n) is 17.1. The van der Waals surface area contributed by atoms with Crippen molar-refractivity contribution in [3.63, 3.8) is 0 Å². The maximum atomic E-state index is 13.7. The molecule has 10 nitrogen and oxygen atoms in total. The van der Waals surface area contributed by atoms with E-state index in [9.17, 15) is 30.0 Å². The maximum Gasteiger partial charge on any atom is 0.174 e. The van der Waals surface area contributed by atoms with Crippen molar-refractivity contribution in [1.82, 2.24) is 0 Å². The number of rotatable bonds is 5. The van der Waals surface area contributed by atoms with Gasteiger partial charge in [0.1, 0.15) is 23.3 Å². The molecule has 4 N–H and O–H groups in total. The molecule has 2 aromatic carbocycles. The third-order valence-corrected chi connectivity index (χ3v) is 17.1. The van der Waals surface area contributed by atoms with Crippen molar-refractivity contribution in [3.05, 3.63) is 34.4 Å². The van der Waals surface area contributed by atoms with E-state index >= 15 is 0 Å². The van der Waals surface area contributed by atoms with Crippen LogP contribution in [-0.4, -0.2) is 117 Å². The van der Waals surface area contributed by atoms with E-state index in [4.69, 9.17) is 9.47 Å². The molecule has 10 atom stereocenters. The summed E-state index contributed by atoms with van der Waals surface area (Å²) >= 11 is 0. The van der Waals surface area contributed by atoms with Crippen LogP contribution in [0.25, 0.3) is 11.1 Å². The SMILES string of the molecule is C[N@+]1(CC2CC2)CC[C@]23c4c5cc(-c6cc7c8c(c6O)O[C@H]6C(=O)CC[C@@]9(O)[C@@H](C7)[N@@+](C)(CC7CC7)CC[C@]869)c(O)c4O[C@H]2C(=O)CC[C@@]3(O)[C@H]1C5.[Br-].[Br-]. The fraction of sp³-hybridized carbons (Fsp3) is 0.667. The number of Topliss-reactive ketones (excluding diaryl/α,β-unsaturated/α-hetero) is 2. The van der Waals surface area contributed by atoms with Gasteiger partial charge in [-0.3, -0.25) is 9.59 Å². The number of ketones is 2. The Balaban J connectivity index is 0.00000180. The monoisotopic (exact) mass is 868 g/mol. The van der Waals surface area contributed by atoms with Crippen molar-refractivity contribution >= 4 is 11.6 Å². The highest BCUT2D eigenvalue weighted by molar-refractivity contribution is 5.94. The Bertz CT molecular complexity index is 1940. The van der Waals surface area contributed by atoms with Crippen molar-refractivity contribution in [2.45, 2.75) is 123 Å². The first-order valence-corrected chi connectivity index (χ1v) is 20.1. The van der Waals surface area contributed by atoms with Gasteiger partial charge in [0.2, 0.25) is 0 Å². The first kappa shape index (κ1) is 36.1. The quantitative estimate of drug-likeness (QED) is 0.240. The van der Waals surface area contributed by atoms with E-state index in [1.807, 2.05) is 12.1 Å². The summed E-state index contributed by atoms with van der Waals surface area (Å²) in [4.78, 5) is 27.4. The van der Waals surface area contributed by atoms with Crippen LogP contribution >= 0.6 is 0 Å². The first-order valence-electron chi connectivity index (χ1n) is 20.1. The topological polar surface area (TPSA) is 134 Å². The van der Waals surface area contributed by atoms with Crippen LogP contribution in [0.1, 0.15) is 86.5 Å². The highest BCUT2D eigenvalue weighted by atomic mass is 79.9. The van der Waals surface area contributed by atoms with Gasteiger partial charge in [0, 0.05) is 72.6 Å². The highest BCUT2D eigenvalue weighted by Gasteiger charge is 2.78. The molecule has 2 spiro atoms. The van der Waals surface area contributed by atoms with Crippen molar-refractivity contribution in [3.8, 4) is 34.1 Å². The van der Waals surface area contributed by atoms with E-state index in [1.165, 1.54) is 25.7 Å². The molecule has 4 heterocycles. The second-order valence-corrected chi connectivity index (χ2v) is 19.6. The molecule has 0 radical (unpaired) electrons. The van der Waals surface area contributed by atoms with Gasteiger partial charge in [0.05, 0.1) is 51.1 Å². The fourth-order valence-electron chi connectivity index (χ4n) is 14.4. The molecule has 0 amide bonds. The van der Waals surface area contributed by atoms with Crippen molar-refractivity contribution in [1.29, 1.82) is 0 Å². The number of piperidine rings is 2. The number of likely N-dealkylation sites (tertiary alicyclic amines) is 2. The zero-order valence-electron chi connectivity index (χ0n) is 31.0. The summed E-state index contributed by atoms with van der Waals surface area (Å²) in [7, 11) is 4.56. The van der Waals surface area contributed by atoms with E-state index in [-0.39, 0.29) is 93.5 Å². The first-order chi connectivity index (χ1) is 24.8. The molecule has 12 rings (SSSR count). The smallest absolute Gasteiger partial charge is 0.174 e. The molecule has 290 valence electrons. The van der Waals surface area contributed by atoms with E-state index in [0.717, 1.165) is 57.4 Å². The fourth-order valence-corrected chi connectivity index (χ4v) is 14.4. The number of nitrogens with zero attached hydrogens (tertiary/aromatic N) is 2. The van der Waals surface area contributed by atoms with Crippen molar-refractivity contribution in [2.24, 2.45) is 11.8 Å². The van der Waals surface area contributed by atoms with E-state index in [1.54, 1.807) is 0 Å². The van der Waals surface area contributed by atoms with Crippen molar-refractivity contribution < 1.29 is 82.4 Å². The molecule has 6 fully saturated rings. The van der Waals surface area contributed by atoms with Gasteiger partial charge in [-0.25, -0.2) is 0 Å². The normalized spacial score (nSPS) is 43.9. The molecule has 0 aromatic heterocycles. The molecule has 2 saturated heterocycles. The highest BCUT2D eigenvalue weighted by Crippen LogP contribution is 2.70. The predicted octanol–water partition coefficient (Wildman–Crippen LogP) is -2.67. The number of ether oxygens (including phenoxy) is 2. The Kier molecular flexibility index (Phi) is 7.25.